The molecule has 2 unspecified atom stereocenters. The summed E-state index contributed by atoms with van der Waals surface area (Å²) in [6, 6.07) is 9.79. The highest BCUT2D eigenvalue weighted by atomic mass is 79.9. The van der Waals surface area contributed by atoms with E-state index in [0.29, 0.717) is 17.5 Å². The van der Waals surface area contributed by atoms with Gasteiger partial charge in [-0.3, -0.25) is 0 Å². The van der Waals surface area contributed by atoms with Gasteiger partial charge in [-0.2, -0.15) is 0 Å². The van der Waals surface area contributed by atoms with Crippen molar-refractivity contribution in [3.8, 4) is 0 Å². The Morgan fingerprint density at radius 3 is 2.68 bits per heavy atom. The van der Waals surface area contributed by atoms with E-state index < -0.39 is 0 Å². The van der Waals surface area contributed by atoms with Crippen LogP contribution >= 0.6 is 15.9 Å². The quantitative estimate of drug-likeness (QED) is 0.882. The van der Waals surface area contributed by atoms with Crippen LogP contribution in [0.25, 0.3) is 0 Å². The van der Waals surface area contributed by atoms with Crippen LogP contribution in [0.15, 0.2) is 28.7 Å². The van der Waals surface area contributed by atoms with Gasteiger partial charge in [0, 0.05) is 35.3 Å². The van der Waals surface area contributed by atoms with Crippen LogP contribution in [0.2, 0.25) is 0 Å². The van der Waals surface area contributed by atoms with E-state index in [1.807, 2.05) is 0 Å². The largest absolute Gasteiger partial charge is 0.366 e. The number of halogens is 1. The molecule has 0 aliphatic carbocycles. The second kappa shape index (κ2) is 5.84. The molecule has 2 atom stereocenters. The second-order valence-electron chi connectivity index (χ2n) is 6.52. The van der Waals surface area contributed by atoms with Crippen LogP contribution in [0.5, 0.6) is 0 Å². The fourth-order valence-corrected chi connectivity index (χ4v) is 3.10. The molecule has 3 heteroatoms. The fourth-order valence-electron chi connectivity index (χ4n) is 2.71. The first kappa shape index (κ1) is 14.9. The monoisotopic (exact) mass is 324 g/mol. The van der Waals surface area contributed by atoms with Crippen LogP contribution in [-0.2, 0) is 0 Å². The molecule has 1 N–H and O–H groups in total. The molecule has 1 aliphatic heterocycles. The average Bonchev–Trinajstić information content (AvgIpc) is 2.37. The maximum atomic E-state index is 3.72. The Bertz CT molecular complexity index is 425. The number of hydrogen-bond donors (Lipinski definition) is 1. The summed E-state index contributed by atoms with van der Waals surface area (Å²) < 4.78 is 1.16. The van der Waals surface area contributed by atoms with Crippen molar-refractivity contribution in [3.05, 3.63) is 28.7 Å². The summed E-state index contributed by atoms with van der Waals surface area (Å²) in [5, 5.41) is 3.72. The van der Waals surface area contributed by atoms with E-state index >= 15 is 0 Å². The minimum absolute atomic E-state index is 0.295. The van der Waals surface area contributed by atoms with Gasteiger partial charge >= 0.3 is 0 Å². The maximum Gasteiger partial charge on any atom is 0.0412 e. The molecule has 2 nitrogen and oxygen atoms in total. The van der Waals surface area contributed by atoms with Gasteiger partial charge in [0.1, 0.15) is 0 Å². The first-order chi connectivity index (χ1) is 8.91. The van der Waals surface area contributed by atoms with Crippen LogP contribution in [0.4, 0.5) is 5.69 Å². The van der Waals surface area contributed by atoms with Crippen molar-refractivity contribution in [2.75, 3.05) is 18.0 Å². The predicted octanol–water partition coefficient (Wildman–Crippen LogP) is 4.05. The maximum absolute atomic E-state index is 3.72. The standard InChI is InChI=1S/C16H25BrN2/c1-5-13-10-18-15(16(2,3)4)11-19(13)14-8-6-7-12(17)9-14/h6-9,13,15,18H,5,10-11H2,1-4H3. The lowest BCUT2D eigenvalue weighted by atomic mass is 9.84. The Hall–Kier alpha value is -0.540. The first-order valence-electron chi connectivity index (χ1n) is 7.17. The minimum Gasteiger partial charge on any atom is -0.366 e. The van der Waals surface area contributed by atoms with Crippen molar-refractivity contribution in [2.45, 2.75) is 46.2 Å². The fraction of sp³-hybridized carbons (Fsp3) is 0.625. The molecule has 1 saturated heterocycles. The highest BCUT2D eigenvalue weighted by Crippen LogP contribution is 2.29. The smallest absolute Gasteiger partial charge is 0.0412 e. The summed E-state index contributed by atoms with van der Waals surface area (Å²) in [7, 11) is 0. The van der Waals surface area contributed by atoms with Crippen LogP contribution in [0.1, 0.15) is 34.1 Å². The Morgan fingerprint density at radius 2 is 2.11 bits per heavy atom. The molecule has 0 bridgehead atoms. The molecule has 1 aromatic rings. The van der Waals surface area contributed by atoms with Gasteiger partial charge in [0.05, 0.1) is 0 Å². The molecule has 1 heterocycles. The zero-order chi connectivity index (χ0) is 14.0. The number of hydrogen-bond acceptors (Lipinski definition) is 2. The Labute approximate surface area is 125 Å². The molecule has 1 aliphatic rings. The van der Waals surface area contributed by atoms with E-state index in [1.165, 1.54) is 12.1 Å². The Kier molecular flexibility index (Phi) is 4.57. The molecule has 106 valence electrons. The molecule has 1 aromatic carbocycles. The van der Waals surface area contributed by atoms with E-state index in [9.17, 15) is 0 Å². The van der Waals surface area contributed by atoms with Crippen molar-refractivity contribution in [1.29, 1.82) is 0 Å². The molecule has 2 rings (SSSR count). The third-order valence-electron chi connectivity index (χ3n) is 4.08. The third kappa shape index (κ3) is 3.51. The average molecular weight is 325 g/mol. The highest BCUT2D eigenvalue weighted by Gasteiger charge is 2.33. The van der Waals surface area contributed by atoms with Gasteiger partial charge in [-0.25, -0.2) is 0 Å². The number of rotatable bonds is 2. The van der Waals surface area contributed by atoms with Gasteiger partial charge in [-0.1, -0.05) is 49.7 Å². The van der Waals surface area contributed by atoms with Crippen molar-refractivity contribution < 1.29 is 0 Å². The summed E-state index contributed by atoms with van der Waals surface area (Å²) >= 11 is 3.58. The summed E-state index contributed by atoms with van der Waals surface area (Å²) in [4.78, 5) is 2.57. The van der Waals surface area contributed by atoms with E-state index in [0.717, 1.165) is 17.6 Å². The third-order valence-corrected chi connectivity index (χ3v) is 4.57. The van der Waals surface area contributed by atoms with Crippen LogP contribution in [0.3, 0.4) is 0 Å². The number of anilines is 1. The molecule has 0 aromatic heterocycles. The summed E-state index contributed by atoms with van der Waals surface area (Å²) in [5.41, 5.74) is 1.63. The van der Waals surface area contributed by atoms with Gasteiger partial charge in [-0.15, -0.1) is 0 Å². The number of benzene rings is 1. The summed E-state index contributed by atoms with van der Waals surface area (Å²) in [5.74, 6) is 0. The van der Waals surface area contributed by atoms with Gasteiger partial charge in [0.25, 0.3) is 0 Å². The lowest BCUT2D eigenvalue weighted by molar-refractivity contribution is 0.233. The Morgan fingerprint density at radius 1 is 1.37 bits per heavy atom. The molecular formula is C16H25BrN2. The van der Waals surface area contributed by atoms with Crippen molar-refractivity contribution >= 4 is 21.6 Å². The number of nitrogens with zero attached hydrogens (tertiary/aromatic N) is 1. The van der Waals surface area contributed by atoms with Crippen molar-refractivity contribution in [1.82, 2.24) is 5.32 Å². The lowest BCUT2D eigenvalue weighted by Gasteiger charge is -2.46. The zero-order valence-corrected chi connectivity index (χ0v) is 14.0. The van der Waals surface area contributed by atoms with Crippen LogP contribution in [-0.4, -0.2) is 25.2 Å². The lowest BCUT2D eigenvalue weighted by Crippen LogP contribution is -2.60. The van der Waals surface area contributed by atoms with Gasteiger partial charge < -0.3 is 10.2 Å². The van der Waals surface area contributed by atoms with E-state index in [4.69, 9.17) is 0 Å². The molecule has 0 radical (unpaired) electrons. The zero-order valence-electron chi connectivity index (χ0n) is 12.4. The van der Waals surface area contributed by atoms with Crippen molar-refractivity contribution in [3.63, 3.8) is 0 Å². The van der Waals surface area contributed by atoms with Gasteiger partial charge in [0.2, 0.25) is 0 Å². The van der Waals surface area contributed by atoms with Gasteiger partial charge in [-0.05, 0) is 30.0 Å². The summed E-state index contributed by atoms with van der Waals surface area (Å²) in [6.45, 7) is 11.4. The number of piperazine rings is 1. The van der Waals surface area contributed by atoms with E-state index in [1.54, 1.807) is 0 Å². The topological polar surface area (TPSA) is 15.3 Å². The second-order valence-corrected chi connectivity index (χ2v) is 7.44. The molecule has 19 heavy (non-hydrogen) atoms. The summed E-state index contributed by atoms with van der Waals surface area (Å²) in [6.07, 6.45) is 1.18. The predicted molar refractivity (Wildman–Crippen MR) is 86.8 cm³/mol. The molecule has 0 amide bonds. The first-order valence-corrected chi connectivity index (χ1v) is 7.96. The van der Waals surface area contributed by atoms with Crippen molar-refractivity contribution in [2.24, 2.45) is 5.41 Å². The SMILES string of the molecule is CCC1CNC(C(C)(C)C)CN1c1cccc(Br)c1. The van der Waals surface area contributed by atoms with Gasteiger partial charge in [0.15, 0.2) is 0 Å². The minimum atomic E-state index is 0.295. The molecule has 0 spiro atoms. The highest BCUT2D eigenvalue weighted by molar-refractivity contribution is 9.10. The Balaban J connectivity index is 2.23. The van der Waals surface area contributed by atoms with E-state index in [-0.39, 0.29) is 0 Å². The molecule has 1 fully saturated rings. The molecule has 0 saturated carbocycles. The van der Waals surface area contributed by atoms with E-state index in [2.05, 4.69) is 78.1 Å². The number of nitrogens with one attached hydrogen (secondary N) is 1. The normalized spacial score (nSPS) is 24.6. The molecular weight excluding hydrogens is 300 g/mol. The van der Waals surface area contributed by atoms with Crippen LogP contribution in [0, 0.1) is 5.41 Å². The van der Waals surface area contributed by atoms with Crippen LogP contribution < -0.4 is 10.2 Å².